The molecule has 0 aliphatic carbocycles. The third-order valence-electron chi connectivity index (χ3n) is 1.62. The molecule has 0 saturated heterocycles. The van der Waals surface area contributed by atoms with Crippen molar-refractivity contribution in [1.29, 1.82) is 0 Å². The lowest BCUT2D eigenvalue weighted by Crippen LogP contribution is -2.17. The van der Waals surface area contributed by atoms with Crippen molar-refractivity contribution in [2.75, 3.05) is 0 Å². The molecule has 0 radical (unpaired) electrons. The van der Waals surface area contributed by atoms with Gasteiger partial charge in [-0.2, -0.15) is 4.39 Å². The average Bonchev–Trinajstić information content (AvgIpc) is 2.12. The van der Waals surface area contributed by atoms with Crippen LogP contribution in [-0.4, -0.2) is 9.38 Å². The van der Waals surface area contributed by atoms with Gasteiger partial charge in [-0.15, -0.1) is 0 Å². The van der Waals surface area contributed by atoms with Gasteiger partial charge in [0.1, 0.15) is 5.65 Å². The predicted octanol–water partition coefficient (Wildman–Crippen LogP) is 1.60. The van der Waals surface area contributed by atoms with Gasteiger partial charge in [-0.25, -0.2) is 4.98 Å². The Hall–Kier alpha value is -1.23. The van der Waals surface area contributed by atoms with E-state index in [0.717, 1.165) is 10.6 Å². The van der Waals surface area contributed by atoms with Gasteiger partial charge in [0.2, 0.25) is 5.82 Å². The monoisotopic (exact) mass is 242 g/mol. The molecule has 0 aliphatic rings. The largest absolute Gasteiger partial charge is 0.293 e. The highest BCUT2D eigenvalue weighted by molar-refractivity contribution is 9.10. The molecule has 66 valence electrons. The van der Waals surface area contributed by atoms with Crippen LogP contribution in [0.5, 0.6) is 0 Å². The second-order valence-electron chi connectivity index (χ2n) is 2.49. The van der Waals surface area contributed by atoms with Crippen molar-refractivity contribution in [3.63, 3.8) is 0 Å². The maximum absolute atomic E-state index is 12.8. The molecule has 0 fully saturated rings. The first-order valence-electron chi connectivity index (χ1n) is 3.51. The summed E-state index contributed by atoms with van der Waals surface area (Å²) >= 11 is 3.18. The Balaban J connectivity index is 2.97. The maximum Gasteiger partial charge on any atom is 0.293 e. The van der Waals surface area contributed by atoms with Crippen LogP contribution in [0.1, 0.15) is 0 Å². The van der Waals surface area contributed by atoms with Crippen molar-refractivity contribution >= 4 is 21.6 Å². The van der Waals surface area contributed by atoms with Gasteiger partial charge in [0.05, 0.1) is 6.20 Å². The second-order valence-corrected chi connectivity index (χ2v) is 3.40. The van der Waals surface area contributed by atoms with Crippen LogP contribution in [0.2, 0.25) is 0 Å². The van der Waals surface area contributed by atoms with Crippen molar-refractivity contribution in [2.45, 2.75) is 0 Å². The summed E-state index contributed by atoms with van der Waals surface area (Å²) in [4.78, 5) is 15.0. The van der Waals surface area contributed by atoms with Gasteiger partial charge in [-0.05, 0) is 28.1 Å². The highest BCUT2D eigenvalue weighted by atomic mass is 79.9. The minimum Gasteiger partial charge on any atom is -0.266 e. The molecule has 2 rings (SSSR count). The van der Waals surface area contributed by atoms with Crippen LogP contribution < -0.4 is 5.56 Å². The van der Waals surface area contributed by atoms with Gasteiger partial charge in [0, 0.05) is 10.7 Å². The molecule has 3 nitrogen and oxygen atoms in total. The standard InChI is InChI=1S/C8H4BrFN2O/c9-5-1-2-7-11-3-6(10)8(13)12(7)4-5/h1-4H. The molecule has 0 saturated carbocycles. The Morgan fingerprint density at radius 3 is 3.00 bits per heavy atom. The van der Waals surface area contributed by atoms with Gasteiger partial charge < -0.3 is 0 Å². The van der Waals surface area contributed by atoms with Crippen LogP contribution in [0, 0.1) is 5.82 Å². The Morgan fingerprint density at radius 1 is 1.46 bits per heavy atom. The van der Waals surface area contributed by atoms with E-state index in [1.165, 1.54) is 6.20 Å². The fourth-order valence-electron chi connectivity index (χ4n) is 1.03. The summed E-state index contributed by atoms with van der Waals surface area (Å²) in [6.07, 6.45) is 2.40. The molecule has 0 aromatic carbocycles. The third kappa shape index (κ3) is 1.35. The predicted molar refractivity (Wildman–Crippen MR) is 49.1 cm³/mol. The van der Waals surface area contributed by atoms with Crippen LogP contribution in [0.15, 0.2) is 33.8 Å². The number of fused-ring (bicyclic) bond motifs is 1. The first kappa shape index (κ1) is 8.37. The fraction of sp³-hybridized carbons (Fsp3) is 0. The fourth-order valence-corrected chi connectivity index (χ4v) is 1.36. The van der Waals surface area contributed by atoms with Gasteiger partial charge in [0.25, 0.3) is 5.56 Å². The molecule has 0 spiro atoms. The van der Waals surface area contributed by atoms with Crippen LogP contribution in [0.4, 0.5) is 4.39 Å². The molecule has 0 aliphatic heterocycles. The summed E-state index contributed by atoms with van der Waals surface area (Å²) in [7, 11) is 0. The van der Waals surface area contributed by atoms with E-state index in [1.807, 2.05) is 0 Å². The Bertz CT molecular complexity index is 518. The molecular formula is C8H4BrFN2O. The molecule has 5 heteroatoms. The van der Waals surface area contributed by atoms with E-state index in [9.17, 15) is 9.18 Å². The topological polar surface area (TPSA) is 34.4 Å². The normalized spacial score (nSPS) is 10.6. The Labute approximate surface area is 81.0 Å². The number of aromatic nitrogens is 2. The molecule has 2 aromatic rings. The first-order chi connectivity index (χ1) is 6.18. The van der Waals surface area contributed by atoms with E-state index in [1.54, 1.807) is 12.1 Å². The Kier molecular flexibility index (Phi) is 1.88. The van der Waals surface area contributed by atoms with Crippen molar-refractivity contribution in [1.82, 2.24) is 9.38 Å². The van der Waals surface area contributed by atoms with E-state index in [4.69, 9.17) is 0 Å². The molecule has 0 amide bonds. The second kappa shape index (κ2) is 2.92. The van der Waals surface area contributed by atoms with Crippen LogP contribution in [-0.2, 0) is 0 Å². The van der Waals surface area contributed by atoms with Crippen molar-refractivity contribution in [2.24, 2.45) is 0 Å². The van der Waals surface area contributed by atoms with Crippen LogP contribution >= 0.6 is 15.9 Å². The number of hydrogen-bond donors (Lipinski definition) is 0. The smallest absolute Gasteiger partial charge is 0.266 e. The minimum atomic E-state index is -0.851. The van der Waals surface area contributed by atoms with Gasteiger partial charge in [-0.1, -0.05) is 0 Å². The van der Waals surface area contributed by atoms with Crippen molar-refractivity contribution in [3.8, 4) is 0 Å². The third-order valence-corrected chi connectivity index (χ3v) is 2.09. The highest BCUT2D eigenvalue weighted by Crippen LogP contribution is 2.08. The molecular weight excluding hydrogens is 239 g/mol. The molecule has 0 N–H and O–H groups in total. The lowest BCUT2D eigenvalue weighted by atomic mass is 10.4. The minimum absolute atomic E-state index is 0.426. The summed E-state index contributed by atoms with van der Waals surface area (Å²) in [6, 6.07) is 3.37. The number of nitrogens with zero attached hydrogens (tertiary/aromatic N) is 2. The van der Waals surface area contributed by atoms with Crippen LogP contribution in [0.25, 0.3) is 5.65 Å². The number of halogens is 2. The number of rotatable bonds is 0. The lowest BCUT2D eigenvalue weighted by Gasteiger charge is -1.99. The lowest BCUT2D eigenvalue weighted by molar-refractivity contribution is 0.597. The van der Waals surface area contributed by atoms with Crippen molar-refractivity contribution < 1.29 is 4.39 Å². The summed E-state index contributed by atoms with van der Waals surface area (Å²) in [6.45, 7) is 0. The zero-order chi connectivity index (χ0) is 9.42. The van der Waals surface area contributed by atoms with Crippen LogP contribution in [0.3, 0.4) is 0 Å². The molecule has 0 unspecified atom stereocenters. The number of pyridine rings is 1. The van der Waals surface area contributed by atoms with E-state index in [2.05, 4.69) is 20.9 Å². The highest BCUT2D eigenvalue weighted by Gasteiger charge is 2.02. The quantitative estimate of drug-likeness (QED) is 0.704. The molecule has 0 bridgehead atoms. The zero-order valence-electron chi connectivity index (χ0n) is 6.37. The zero-order valence-corrected chi connectivity index (χ0v) is 7.95. The summed E-state index contributed by atoms with van der Waals surface area (Å²) in [5.74, 6) is -0.851. The molecule has 2 heterocycles. The molecule has 13 heavy (non-hydrogen) atoms. The Morgan fingerprint density at radius 2 is 2.23 bits per heavy atom. The van der Waals surface area contributed by atoms with E-state index >= 15 is 0 Å². The molecule has 2 aromatic heterocycles. The number of hydrogen-bond acceptors (Lipinski definition) is 2. The maximum atomic E-state index is 12.8. The SMILES string of the molecule is O=c1c(F)cnc2ccc(Br)cn12. The van der Waals surface area contributed by atoms with Gasteiger partial charge in [-0.3, -0.25) is 9.20 Å². The van der Waals surface area contributed by atoms with E-state index in [0.29, 0.717) is 10.1 Å². The molecule has 0 atom stereocenters. The van der Waals surface area contributed by atoms with E-state index < -0.39 is 11.4 Å². The van der Waals surface area contributed by atoms with Crippen molar-refractivity contribution in [3.05, 3.63) is 45.2 Å². The van der Waals surface area contributed by atoms with E-state index in [-0.39, 0.29) is 0 Å². The summed E-state index contributed by atoms with van der Waals surface area (Å²) in [5.41, 5.74) is -0.263. The first-order valence-corrected chi connectivity index (χ1v) is 4.30. The summed E-state index contributed by atoms with van der Waals surface area (Å²) < 4.78 is 14.6. The average molecular weight is 243 g/mol. The van der Waals surface area contributed by atoms with Gasteiger partial charge >= 0.3 is 0 Å². The van der Waals surface area contributed by atoms with Gasteiger partial charge in [0.15, 0.2) is 0 Å². The summed E-state index contributed by atoms with van der Waals surface area (Å²) in [5, 5.41) is 0.